The van der Waals surface area contributed by atoms with Crippen LogP contribution in [0.1, 0.15) is 41.9 Å². The molecular formula is C15H16BrClOS. The molecule has 19 heavy (non-hydrogen) atoms. The third-order valence-corrected chi connectivity index (χ3v) is 5.64. The van der Waals surface area contributed by atoms with E-state index in [1.807, 2.05) is 6.07 Å². The number of hydrogen-bond donors (Lipinski definition) is 1. The molecule has 0 aliphatic carbocycles. The fourth-order valence-corrected chi connectivity index (χ4v) is 3.61. The lowest BCUT2D eigenvalue weighted by Gasteiger charge is -2.10. The van der Waals surface area contributed by atoms with Gasteiger partial charge >= 0.3 is 0 Å². The smallest absolute Gasteiger partial charge is 0.107 e. The van der Waals surface area contributed by atoms with Gasteiger partial charge in [-0.3, -0.25) is 0 Å². The Balaban J connectivity index is 2.08. The zero-order valence-electron chi connectivity index (χ0n) is 10.9. The van der Waals surface area contributed by atoms with Gasteiger partial charge in [-0.2, -0.15) is 0 Å². The van der Waals surface area contributed by atoms with E-state index in [0.717, 1.165) is 14.9 Å². The Kier molecular flexibility index (Phi) is 5.07. The summed E-state index contributed by atoms with van der Waals surface area (Å²) in [4.78, 5) is 0.893. The Labute approximate surface area is 131 Å². The van der Waals surface area contributed by atoms with Crippen LogP contribution in [-0.4, -0.2) is 5.11 Å². The lowest BCUT2D eigenvalue weighted by molar-refractivity contribution is 0.182. The second kappa shape index (κ2) is 6.40. The van der Waals surface area contributed by atoms with Crippen LogP contribution in [-0.2, 0) is 6.42 Å². The van der Waals surface area contributed by atoms with Gasteiger partial charge in [0.1, 0.15) is 4.34 Å². The Morgan fingerprint density at radius 2 is 1.89 bits per heavy atom. The van der Waals surface area contributed by atoms with E-state index < -0.39 is 6.10 Å². The highest BCUT2D eigenvalue weighted by Crippen LogP contribution is 2.36. The molecule has 1 N–H and O–H groups in total. The zero-order chi connectivity index (χ0) is 14.0. The number of benzene rings is 1. The normalized spacial score (nSPS) is 12.9. The predicted octanol–water partition coefficient (Wildman–Crippen LogP) is 5.56. The van der Waals surface area contributed by atoms with Crippen LogP contribution >= 0.6 is 38.9 Å². The monoisotopic (exact) mass is 358 g/mol. The quantitative estimate of drug-likeness (QED) is 0.757. The number of aliphatic hydroxyl groups excluding tert-OH is 1. The third-order valence-electron chi connectivity index (χ3n) is 3.07. The van der Waals surface area contributed by atoms with E-state index >= 15 is 0 Å². The first-order chi connectivity index (χ1) is 8.97. The molecule has 0 aliphatic rings. The molecule has 2 aromatic rings. The number of aliphatic hydroxyl groups is 1. The van der Waals surface area contributed by atoms with E-state index in [9.17, 15) is 5.11 Å². The van der Waals surface area contributed by atoms with Gasteiger partial charge in [0.25, 0.3) is 0 Å². The van der Waals surface area contributed by atoms with Crippen LogP contribution in [0.2, 0.25) is 4.34 Å². The minimum atomic E-state index is -0.501. The van der Waals surface area contributed by atoms with Crippen molar-refractivity contribution < 1.29 is 5.11 Å². The van der Waals surface area contributed by atoms with Gasteiger partial charge in [-0.25, -0.2) is 0 Å². The molecule has 1 atom stereocenters. The average molecular weight is 360 g/mol. The molecule has 2 rings (SSSR count). The van der Waals surface area contributed by atoms with Gasteiger partial charge in [0.15, 0.2) is 0 Å². The summed E-state index contributed by atoms with van der Waals surface area (Å²) in [5.74, 6) is 0.533. The topological polar surface area (TPSA) is 20.2 Å². The zero-order valence-corrected chi connectivity index (χ0v) is 14.0. The van der Waals surface area contributed by atoms with Gasteiger partial charge in [0.2, 0.25) is 0 Å². The van der Waals surface area contributed by atoms with Crippen molar-refractivity contribution in [2.45, 2.75) is 32.3 Å². The van der Waals surface area contributed by atoms with Crippen molar-refractivity contribution in [1.82, 2.24) is 0 Å². The van der Waals surface area contributed by atoms with E-state index in [1.165, 1.54) is 16.9 Å². The predicted molar refractivity (Wildman–Crippen MR) is 86.2 cm³/mol. The van der Waals surface area contributed by atoms with Gasteiger partial charge in [-0.1, -0.05) is 49.7 Å². The van der Waals surface area contributed by atoms with Crippen molar-refractivity contribution >= 4 is 38.9 Å². The fourth-order valence-electron chi connectivity index (χ4n) is 1.89. The second-order valence-electron chi connectivity index (χ2n) is 4.89. The molecule has 102 valence electrons. The summed E-state index contributed by atoms with van der Waals surface area (Å²) in [6, 6.07) is 10.3. The molecule has 1 aromatic carbocycles. The number of rotatable bonds is 4. The van der Waals surface area contributed by atoms with Gasteiger partial charge in [-0.05, 0) is 39.0 Å². The Hall–Kier alpha value is -0.350. The molecule has 0 spiro atoms. The molecule has 4 heteroatoms. The highest BCUT2D eigenvalue weighted by atomic mass is 79.9. The summed E-state index contributed by atoms with van der Waals surface area (Å²) in [5, 5.41) is 10.2. The Morgan fingerprint density at radius 3 is 2.37 bits per heavy atom. The summed E-state index contributed by atoms with van der Waals surface area (Å²) in [6.45, 7) is 4.35. The molecule has 0 amide bonds. The van der Waals surface area contributed by atoms with Crippen LogP contribution in [0, 0.1) is 0 Å². The van der Waals surface area contributed by atoms with Crippen molar-refractivity contribution in [3.05, 3.63) is 55.1 Å². The van der Waals surface area contributed by atoms with E-state index in [0.29, 0.717) is 16.7 Å². The van der Waals surface area contributed by atoms with Crippen molar-refractivity contribution in [1.29, 1.82) is 0 Å². The molecule has 1 aromatic heterocycles. The van der Waals surface area contributed by atoms with Gasteiger partial charge in [0.05, 0.1) is 6.10 Å². The molecule has 1 nitrogen and oxygen atoms in total. The first-order valence-corrected chi connectivity index (χ1v) is 8.17. The molecule has 0 fully saturated rings. The highest BCUT2D eigenvalue weighted by Gasteiger charge is 2.14. The molecule has 0 aliphatic heterocycles. The summed E-state index contributed by atoms with van der Waals surface area (Å²) in [5.41, 5.74) is 2.46. The maximum atomic E-state index is 10.2. The van der Waals surface area contributed by atoms with Crippen LogP contribution in [0.5, 0.6) is 0 Å². The van der Waals surface area contributed by atoms with E-state index in [2.05, 4.69) is 54.0 Å². The number of thiophene rings is 1. The van der Waals surface area contributed by atoms with Crippen LogP contribution in [0.25, 0.3) is 0 Å². The minimum absolute atomic E-state index is 0.501. The highest BCUT2D eigenvalue weighted by molar-refractivity contribution is 9.10. The Morgan fingerprint density at radius 1 is 1.26 bits per heavy atom. The van der Waals surface area contributed by atoms with Gasteiger partial charge < -0.3 is 5.11 Å². The number of halogens is 2. The molecular weight excluding hydrogens is 344 g/mol. The van der Waals surface area contributed by atoms with Gasteiger partial charge in [0, 0.05) is 15.8 Å². The molecule has 1 heterocycles. The average Bonchev–Trinajstić information content (AvgIpc) is 2.70. The lowest BCUT2D eigenvalue weighted by Crippen LogP contribution is -1.99. The number of hydrogen-bond acceptors (Lipinski definition) is 2. The van der Waals surface area contributed by atoms with Crippen molar-refractivity contribution in [2.75, 3.05) is 0 Å². The Bertz CT molecular complexity index is 528. The van der Waals surface area contributed by atoms with Crippen molar-refractivity contribution in [2.24, 2.45) is 0 Å². The lowest BCUT2D eigenvalue weighted by atomic mass is 9.99. The molecule has 0 radical (unpaired) electrons. The van der Waals surface area contributed by atoms with Crippen LogP contribution in [0.4, 0.5) is 0 Å². The molecule has 0 saturated carbocycles. The third kappa shape index (κ3) is 3.82. The van der Waals surface area contributed by atoms with E-state index in [4.69, 9.17) is 11.6 Å². The largest absolute Gasteiger partial charge is 0.387 e. The SMILES string of the molecule is CC(C)c1ccc(CC(O)c2cc(Br)c(Cl)s2)cc1. The summed E-state index contributed by atoms with van der Waals surface area (Å²) >= 11 is 10.8. The van der Waals surface area contributed by atoms with Gasteiger partial charge in [-0.15, -0.1) is 11.3 Å². The minimum Gasteiger partial charge on any atom is -0.387 e. The fraction of sp³-hybridized carbons (Fsp3) is 0.333. The summed E-state index contributed by atoms with van der Waals surface area (Å²) in [7, 11) is 0. The maximum Gasteiger partial charge on any atom is 0.107 e. The maximum absolute atomic E-state index is 10.2. The standard InChI is InChI=1S/C15H16BrClOS/c1-9(2)11-5-3-10(4-6-11)7-13(18)14-8-12(16)15(17)19-14/h3-6,8-9,13,18H,7H2,1-2H3. The molecule has 1 unspecified atom stereocenters. The molecule has 0 saturated heterocycles. The summed E-state index contributed by atoms with van der Waals surface area (Å²) in [6.07, 6.45) is 0.112. The first kappa shape index (κ1) is 15.0. The van der Waals surface area contributed by atoms with Crippen LogP contribution in [0.3, 0.4) is 0 Å². The van der Waals surface area contributed by atoms with E-state index in [-0.39, 0.29) is 0 Å². The first-order valence-electron chi connectivity index (χ1n) is 6.19. The second-order valence-corrected chi connectivity index (χ2v) is 7.43. The van der Waals surface area contributed by atoms with Crippen LogP contribution < -0.4 is 0 Å². The van der Waals surface area contributed by atoms with Crippen molar-refractivity contribution in [3.8, 4) is 0 Å². The molecule has 0 bridgehead atoms. The van der Waals surface area contributed by atoms with E-state index in [1.54, 1.807) is 0 Å². The van der Waals surface area contributed by atoms with Crippen molar-refractivity contribution in [3.63, 3.8) is 0 Å². The van der Waals surface area contributed by atoms with Crippen LogP contribution in [0.15, 0.2) is 34.8 Å². The summed E-state index contributed by atoms with van der Waals surface area (Å²) < 4.78 is 1.53.